The Bertz CT molecular complexity index is 857. The van der Waals surface area contributed by atoms with Gasteiger partial charge in [0, 0.05) is 22.3 Å². The third-order valence-corrected chi connectivity index (χ3v) is 5.59. The predicted molar refractivity (Wildman–Crippen MR) is 115 cm³/mol. The van der Waals surface area contributed by atoms with Gasteiger partial charge in [-0.25, -0.2) is 0 Å². The molecule has 1 aliphatic heterocycles. The van der Waals surface area contributed by atoms with Crippen molar-refractivity contribution in [2.75, 3.05) is 11.4 Å². The molecular weight excluding hydrogens is 408 g/mol. The van der Waals surface area contributed by atoms with Crippen molar-refractivity contribution in [2.45, 2.75) is 39.0 Å². The topological polar surface area (TPSA) is 32.3 Å². The number of hydrogen-bond acceptors (Lipinski definition) is 2. The Hall–Kier alpha value is -1.72. The van der Waals surface area contributed by atoms with E-state index in [0.29, 0.717) is 10.7 Å². The Morgan fingerprint density at radius 1 is 1.19 bits per heavy atom. The van der Waals surface area contributed by atoms with Crippen LogP contribution in [0.3, 0.4) is 0 Å². The number of para-hydroxylation sites is 1. The van der Waals surface area contributed by atoms with Gasteiger partial charge in [-0.3, -0.25) is 10.1 Å². The van der Waals surface area contributed by atoms with Gasteiger partial charge in [0.2, 0.25) is 0 Å². The third-order valence-electron chi connectivity index (χ3n) is 4.62. The molecule has 2 aromatic rings. The lowest BCUT2D eigenvalue weighted by molar-refractivity contribution is 0.0977. The lowest BCUT2D eigenvalue weighted by Gasteiger charge is -2.31. The molecule has 0 aromatic heterocycles. The molecule has 1 heterocycles. The predicted octanol–water partition coefficient (Wildman–Crippen LogP) is 5.21. The van der Waals surface area contributed by atoms with Crippen LogP contribution in [0.5, 0.6) is 0 Å². The fraction of sp³-hybridized carbons (Fsp3) is 0.333. The number of nitrogens with zero attached hydrogens (tertiary/aromatic N) is 1. The van der Waals surface area contributed by atoms with E-state index < -0.39 is 0 Å². The van der Waals surface area contributed by atoms with Gasteiger partial charge in [-0.15, -0.1) is 0 Å². The summed E-state index contributed by atoms with van der Waals surface area (Å²) in [6.45, 7) is 7.27. The number of rotatable bonds is 1. The molecule has 3 rings (SSSR count). The van der Waals surface area contributed by atoms with Crippen molar-refractivity contribution in [1.82, 2.24) is 5.32 Å². The van der Waals surface area contributed by atoms with Gasteiger partial charge in [-0.05, 0) is 59.8 Å². The second-order valence-corrected chi connectivity index (χ2v) is 8.83. The summed E-state index contributed by atoms with van der Waals surface area (Å²) < 4.78 is 0.937. The number of hydrogen-bond donors (Lipinski definition) is 1. The molecule has 0 saturated carbocycles. The summed E-state index contributed by atoms with van der Waals surface area (Å²) in [5.41, 5.74) is 4.14. The number of carbonyl (C=O) groups is 1. The minimum absolute atomic E-state index is 0.0145. The van der Waals surface area contributed by atoms with Crippen molar-refractivity contribution in [3.05, 3.63) is 63.6 Å². The molecule has 1 aliphatic rings. The zero-order chi connectivity index (χ0) is 18.9. The number of benzene rings is 2. The van der Waals surface area contributed by atoms with Gasteiger partial charge in [0.15, 0.2) is 5.11 Å². The van der Waals surface area contributed by atoms with E-state index in [1.54, 1.807) is 0 Å². The number of halogens is 1. The molecule has 5 heteroatoms. The summed E-state index contributed by atoms with van der Waals surface area (Å²) in [6.07, 6.45) is 2.07. The highest BCUT2D eigenvalue weighted by molar-refractivity contribution is 9.10. The first-order chi connectivity index (χ1) is 12.3. The van der Waals surface area contributed by atoms with Gasteiger partial charge >= 0.3 is 0 Å². The molecule has 0 atom stereocenters. The molecule has 136 valence electrons. The Kier molecular flexibility index (Phi) is 5.49. The maximum absolute atomic E-state index is 12.7. The van der Waals surface area contributed by atoms with Crippen molar-refractivity contribution >= 4 is 44.9 Å². The number of amides is 1. The molecule has 0 unspecified atom stereocenters. The molecular formula is C21H23BrN2OS. The summed E-state index contributed by atoms with van der Waals surface area (Å²) in [7, 11) is 0. The fourth-order valence-electron chi connectivity index (χ4n) is 3.25. The average molecular weight is 431 g/mol. The highest BCUT2D eigenvalue weighted by atomic mass is 79.9. The van der Waals surface area contributed by atoms with Crippen molar-refractivity contribution in [3.63, 3.8) is 0 Å². The number of fused-ring (bicyclic) bond motifs is 1. The number of carbonyl (C=O) groups excluding carboxylic acids is 1. The van der Waals surface area contributed by atoms with Crippen molar-refractivity contribution in [1.29, 1.82) is 0 Å². The standard InChI is InChI=1S/C21H23BrN2OS/c1-21(2,3)16-11-10-15(13-17(16)22)19(25)23-20(26)24-12-6-8-14-7-4-5-9-18(14)24/h4-5,7,9-11,13H,6,8,12H2,1-3H3,(H,23,25,26). The molecule has 2 aromatic carbocycles. The first kappa shape index (κ1) is 19.1. The van der Waals surface area contributed by atoms with Crippen LogP contribution in [0.25, 0.3) is 0 Å². The van der Waals surface area contributed by atoms with Crippen LogP contribution in [0.15, 0.2) is 46.9 Å². The molecule has 1 N–H and O–H groups in total. The minimum atomic E-state index is -0.181. The molecule has 0 saturated heterocycles. The van der Waals surface area contributed by atoms with Crippen molar-refractivity contribution in [3.8, 4) is 0 Å². The molecule has 0 radical (unpaired) electrons. The Balaban J connectivity index is 1.77. The lowest BCUT2D eigenvalue weighted by Crippen LogP contribution is -2.45. The average Bonchev–Trinajstić information content (AvgIpc) is 2.59. The maximum Gasteiger partial charge on any atom is 0.257 e. The van der Waals surface area contributed by atoms with Gasteiger partial charge in [0.1, 0.15) is 0 Å². The number of aryl methyl sites for hydroxylation is 1. The smallest absolute Gasteiger partial charge is 0.257 e. The van der Waals surface area contributed by atoms with E-state index in [1.807, 2.05) is 35.2 Å². The van der Waals surface area contributed by atoms with Crippen molar-refractivity contribution < 1.29 is 4.79 Å². The van der Waals surface area contributed by atoms with Crippen LogP contribution >= 0.6 is 28.1 Å². The van der Waals surface area contributed by atoms with Crippen LogP contribution in [0.4, 0.5) is 5.69 Å². The van der Waals surface area contributed by atoms with Crippen LogP contribution in [0.2, 0.25) is 0 Å². The van der Waals surface area contributed by atoms with Gasteiger partial charge in [-0.2, -0.15) is 0 Å². The molecule has 0 fully saturated rings. The first-order valence-electron chi connectivity index (χ1n) is 8.78. The normalized spacial score (nSPS) is 13.9. The van der Waals surface area contributed by atoms with Gasteiger partial charge in [-0.1, -0.05) is 61.0 Å². The summed E-state index contributed by atoms with van der Waals surface area (Å²) >= 11 is 9.12. The quantitative estimate of drug-likeness (QED) is 0.629. The second kappa shape index (κ2) is 7.49. The zero-order valence-electron chi connectivity index (χ0n) is 15.3. The van der Waals surface area contributed by atoms with Crippen LogP contribution in [-0.2, 0) is 11.8 Å². The van der Waals surface area contributed by atoms with E-state index in [0.717, 1.165) is 29.5 Å². The van der Waals surface area contributed by atoms with E-state index in [-0.39, 0.29) is 11.3 Å². The van der Waals surface area contributed by atoms with Gasteiger partial charge in [0.05, 0.1) is 0 Å². The van der Waals surface area contributed by atoms with Gasteiger partial charge < -0.3 is 4.90 Å². The maximum atomic E-state index is 12.7. The Morgan fingerprint density at radius 2 is 1.92 bits per heavy atom. The van der Waals surface area contributed by atoms with Crippen LogP contribution in [0.1, 0.15) is 48.7 Å². The van der Waals surface area contributed by atoms with E-state index in [4.69, 9.17) is 12.2 Å². The largest absolute Gasteiger partial charge is 0.318 e. The Labute approximate surface area is 168 Å². The highest BCUT2D eigenvalue weighted by Crippen LogP contribution is 2.30. The van der Waals surface area contributed by atoms with Crippen LogP contribution in [-0.4, -0.2) is 17.6 Å². The SMILES string of the molecule is CC(C)(C)c1ccc(C(=O)NC(=S)N2CCCc3ccccc32)cc1Br. The van der Waals surface area contributed by atoms with E-state index in [2.05, 4.69) is 54.2 Å². The number of anilines is 1. The molecule has 0 bridgehead atoms. The first-order valence-corrected chi connectivity index (χ1v) is 9.98. The monoisotopic (exact) mass is 430 g/mol. The van der Waals surface area contributed by atoms with Crippen LogP contribution in [0, 0.1) is 0 Å². The zero-order valence-corrected chi connectivity index (χ0v) is 17.7. The van der Waals surface area contributed by atoms with E-state index >= 15 is 0 Å². The molecule has 1 amide bonds. The molecule has 3 nitrogen and oxygen atoms in total. The molecule has 26 heavy (non-hydrogen) atoms. The Morgan fingerprint density at radius 3 is 2.62 bits per heavy atom. The highest BCUT2D eigenvalue weighted by Gasteiger charge is 2.22. The second-order valence-electron chi connectivity index (χ2n) is 7.59. The molecule has 0 spiro atoms. The van der Waals surface area contributed by atoms with E-state index in [9.17, 15) is 4.79 Å². The van der Waals surface area contributed by atoms with E-state index in [1.165, 1.54) is 11.1 Å². The van der Waals surface area contributed by atoms with Crippen LogP contribution < -0.4 is 10.2 Å². The summed E-state index contributed by atoms with van der Waals surface area (Å²) in [6, 6.07) is 13.9. The summed E-state index contributed by atoms with van der Waals surface area (Å²) in [4.78, 5) is 14.7. The summed E-state index contributed by atoms with van der Waals surface area (Å²) in [5, 5.41) is 3.35. The number of thiocarbonyl (C=S) groups is 1. The molecule has 0 aliphatic carbocycles. The lowest BCUT2D eigenvalue weighted by atomic mass is 9.86. The summed E-state index contributed by atoms with van der Waals surface area (Å²) in [5.74, 6) is -0.181. The van der Waals surface area contributed by atoms with Gasteiger partial charge in [0.25, 0.3) is 5.91 Å². The minimum Gasteiger partial charge on any atom is -0.318 e. The van der Waals surface area contributed by atoms with Crippen molar-refractivity contribution in [2.24, 2.45) is 0 Å². The fourth-order valence-corrected chi connectivity index (χ4v) is 4.50. The third kappa shape index (κ3) is 3.99. The number of nitrogens with one attached hydrogen (secondary N) is 1.